The van der Waals surface area contributed by atoms with Crippen LogP contribution >= 0.6 is 0 Å². The highest BCUT2D eigenvalue weighted by molar-refractivity contribution is 5.10. The van der Waals surface area contributed by atoms with E-state index < -0.39 is 12.6 Å². The number of rotatable bonds is 7. The van der Waals surface area contributed by atoms with Gasteiger partial charge in [-0.1, -0.05) is 0 Å². The predicted molar refractivity (Wildman–Crippen MR) is 64.7 cm³/mol. The summed E-state index contributed by atoms with van der Waals surface area (Å²) in [6, 6.07) is 1.76. The summed E-state index contributed by atoms with van der Waals surface area (Å²) in [5, 5.41) is 3.09. The molecule has 108 valence electrons. The Balaban J connectivity index is 2.56. The zero-order valence-corrected chi connectivity index (χ0v) is 11.0. The van der Waals surface area contributed by atoms with Gasteiger partial charge in [0.05, 0.1) is 18.7 Å². The lowest BCUT2D eigenvalue weighted by Crippen LogP contribution is -2.20. The van der Waals surface area contributed by atoms with Gasteiger partial charge in [-0.15, -0.1) is 0 Å². The van der Waals surface area contributed by atoms with Gasteiger partial charge in [-0.2, -0.15) is 13.2 Å². The number of halogens is 3. The van der Waals surface area contributed by atoms with Gasteiger partial charge in [0.1, 0.15) is 5.82 Å². The van der Waals surface area contributed by atoms with Crippen LogP contribution in [0.15, 0.2) is 6.07 Å². The van der Waals surface area contributed by atoms with Gasteiger partial charge < -0.3 is 10.1 Å². The van der Waals surface area contributed by atoms with E-state index in [9.17, 15) is 13.2 Å². The Labute approximate surface area is 110 Å². The molecule has 0 aromatic carbocycles. The fourth-order valence-electron chi connectivity index (χ4n) is 1.55. The summed E-state index contributed by atoms with van der Waals surface area (Å²) in [5.74, 6) is 0.237. The van der Waals surface area contributed by atoms with E-state index in [1.807, 2.05) is 0 Å². The first-order valence-electron chi connectivity index (χ1n) is 6.00. The van der Waals surface area contributed by atoms with Crippen molar-refractivity contribution in [3.05, 3.63) is 23.3 Å². The zero-order valence-electron chi connectivity index (χ0n) is 11.0. The van der Waals surface area contributed by atoms with Gasteiger partial charge in [0.15, 0.2) is 0 Å². The Hall–Kier alpha value is -1.21. The van der Waals surface area contributed by atoms with Crippen LogP contribution < -0.4 is 5.32 Å². The van der Waals surface area contributed by atoms with Crippen LogP contribution in [0.2, 0.25) is 0 Å². The van der Waals surface area contributed by atoms with Gasteiger partial charge >= 0.3 is 6.18 Å². The van der Waals surface area contributed by atoms with Crippen LogP contribution in [-0.4, -0.2) is 36.4 Å². The first kappa shape index (κ1) is 15.8. The van der Waals surface area contributed by atoms with Gasteiger partial charge in [0.25, 0.3) is 0 Å². The number of ether oxygens (including phenoxy) is 1. The molecule has 1 aromatic rings. The van der Waals surface area contributed by atoms with Gasteiger partial charge in [-0.25, -0.2) is 9.97 Å². The Morgan fingerprint density at radius 1 is 1.32 bits per heavy atom. The molecule has 1 heterocycles. The fourth-order valence-corrected chi connectivity index (χ4v) is 1.55. The number of aryl methyl sites for hydroxylation is 2. The number of aromatic nitrogens is 2. The minimum Gasteiger partial charge on any atom is -0.383 e. The Morgan fingerprint density at radius 3 is 2.68 bits per heavy atom. The van der Waals surface area contributed by atoms with E-state index in [0.717, 1.165) is 0 Å². The van der Waals surface area contributed by atoms with Crippen molar-refractivity contribution in [2.75, 3.05) is 20.3 Å². The van der Waals surface area contributed by atoms with Crippen LogP contribution in [0.5, 0.6) is 0 Å². The van der Waals surface area contributed by atoms with Crippen molar-refractivity contribution in [3.63, 3.8) is 0 Å². The van der Waals surface area contributed by atoms with Crippen LogP contribution in [0.3, 0.4) is 0 Å². The largest absolute Gasteiger partial charge is 0.389 e. The molecule has 1 N–H and O–H groups in total. The second-order valence-electron chi connectivity index (χ2n) is 4.20. The first-order valence-corrected chi connectivity index (χ1v) is 6.00. The lowest BCUT2D eigenvalue weighted by atomic mass is 10.2. The predicted octanol–water partition coefficient (Wildman–Crippen LogP) is 2.02. The number of hydrogen-bond acceptors (Lipinski definition) is 4. The molecule has 0 aliphatic rings. The second-order valence-corrected chi connectivity index (χ2v) is 4.20. The molecule has 0 amide bonds. The molecule has 7 heteroatoms. The third-order valence-electron chi connectivity index (χ3n) is 2.37. The van der Waals surface area contributed by atoms with Crippen molar-refractivity contribution in [1.82, 2.24) is 15.3 Å². The van der Waals surface area contributed by atoms with Crippen molar-refractivity contribution in [2.45, 2.75) is 32.5 Å². The third kappa shape index (κ3) is 7.07. The van der Waals surface area contributed by atoms with E-state index in [-0.39, 0.29) is 12.2 Å². The summed E-state index contributed by atoms with van der Waals surface area (Å²) in [6.07, 6.45) is -5.26. The van der Waals surface area contributed by atoms with Crippen LogP contribution in [0.4, 0.5) is 13.2 Å². The number of methoxy groups -OCH3 is 1. The maximum Gasteiger partial charge on any atom is 0.389 e. The summed E-state index contributed by atoms with van der Waals surface area (Å²) >= 11 is 0. The molecule has 0 bridgehead atoms. The molecule has 0 saturated carbocycles. The number of nitrogens with zero attached hydrogens (tertiary/aromatic N) is 2. The summed E-state index contributed by atoms with van der Waals surface area (Å²) < 4.78 is 41.3. The number of hydrogen-bond donors (Lipinski definition) is 1. The van der Waals surface area contributed by atoms with Crippen molar-refractivity contribution in [3.8, 4) is 0 Å². The smallest absolute Gasteiger partial charge is 0.383 e. The highest BCUT2D eigenvalue weighted by atomic mass is 19.4. The zero-order chi connectivity index (χ0) is 14.3. The topological polar surface area (TPSA) is 47.0 Å². The normalized spacial score (nSPS) is 11.8. The lowest BCUT2D eigenvalue weighted by molar-refractivity contribution is -0.134. The Bertz CT molecular complexity index is 396. The molecule has 0 fully saturated rings. The van der Waals surface area contributed by atoms with E-state index in [2.05, 4.69) is 15.3 Å². The standard InChI is InChI=1S/C12H18F3N3O/c1-9-7-10(8-16-5-6-19-2)18-11(17-9)3-4-12(13,14)15/h7,16H,3-6,8H2,1-2H3. The van der Waals surface area contributed by atoms with Gasteiger partial charge in [0, 0.05) is 32.3 Å². The molecule has 0 atom stereocenters. The molecule has 0 radical (unpaired) electrons. The summed E-state index contributed by atoms with van der Waals surface area (Å²) in [4.78, 5) is 8.14. The minimum atomic E-state index is -4.18. The van der Waals surface area contributed by atoms with E-state index in [0.29, 0.717) is 31.1 Å². The molecule has 0 saturated heterocycles. The molecule has 0 unspecified atom stereocenters. The lowest BCUT2D eigenvalue weighted by Gasteiger charge is -2.08. The fraction of sp³-hybridized carbons (Fsp3) is 0.667. The van der Waals surface area contributed by atoms with Crippen molar-refractivity contribution >= 4 is 0 Å². The minimum absolute atomic E-state index is 0.184. The van der Waals surface area contributed by atoms with E-state index in [4.69, 9.17) is 4.74 Å². The van der Waals surface area contributed by atoms with Crippen molar-refractivity contribution in [2.24, 2.45) is 0 Å². The Morgan fingerprint density at radius 2 is 2.05 bits per heavy atom. The van der Waals surface area contributed by atoms with Crippen LogP contribution in [0.1, 0.15) is 23.6 Å². The van der Waals surface area contributed by atoms with Gasteiger partial charge in [0.2, 0.25) is 0 Å². The Kier molecular flexibility index (Phi) is 6.17. The average molecular weight is 277 g/mol. The molecule has 1 aromatic heterocycles. The van der Waals surface area contributed by atoms with Gasteiger partial charge in [-0.3, -0.25) is 0 Å². The number of alkyl halides is 3. The first-order chi connectivity index (χ1) is 8.90. The van der Waals surface area contributed by atoms with Crippen LogP contribution in [0, 0.1) is 6.92 Å². The van der Waals surface area contributed by atoms with Crippen LogP contribution in [0.25, 0.3) is 0 Å². The highest BCUT2D eigenvalue weighted by Crippen LogP contribution is 2.21. The molecule has 0 aliphatic carbocycles. The number of nitrogens with one attached hydrogen (secondary N) is 1. The van der Waals surface area contributed by atoms with Crippen LogP contribution in [-0.2, 0) is 17.7 Å². The van der Waals surface area contributed by atoms with Gasteiger partial charge in [-0.05, 0) is 13.0 Å². The monoisotopic (exact) mass is 277 g/mol. The molecular formula is C12H18F3N3O. The second kappa shape index (κ2) is 7.40. The summed E-state index contributed by atoms with van der Waals surface area (Å²) in [5.41, 5.74) is 1.37. The maximum atomic E-state index is 12.1. The van der Waals surface area contributed by atoms with E-state index >= 15 is 0 Å². The molecule has 1 rings (SSSR count). The quantitative estimate of drug-likeness (QED) is 0.775. The molecule has 4 nitrogen and oxygen atoms in total. The average Bonchev–Trinajstić information content (AvgIpc) is 2.31. The third-order valence-corrected chi connectivity index (χ3v) is 2.37. The molecule has 19 heavy (non-hydrogen) atoms. The molecule has 0 aliphatic heterocycles. The highest BCUT2D eigenvalue weighted by Gasteiger charge is 2.27. The molecular weight excluding hydrogens is 259 g/mol. The SMILES string of the molecule is COCCNCc1cc(C)nc(CCC(F)(F)F)n1. The summed E-state index contributed by atoms with van der Waals surface area (Å²) in [6.45, 7) is 3.48. The summed E-state index contributed by atoms with van der Waals surface area (Å²) in [7, 11) is 1.60. The van der Waals surface area contributed by atoms with E-state index in [1.54, 1.807) is 20.1 Å². The van der Waals surface area contributed by atoms with Crippen molar-refractivity contribution in [1.29, 1.82) is 0 Å². The van der Waals surface area contributed by atoms with E-state index in [1.165, 1.54) is 0 Å². The van der Waals surface area contributed by atoms with Crippen molar-refractivity contribution < 1.29 is 17.9 Å². The maximum absolute atomic E-state index is 12.1. The molecule has 0 spiro atoms.